The monoisotopic (exact) mass is 502 g/mol. The molecule has 186 valence electrons. The lowest BCUT2D eigenvalue weighted by atomic mass is 9.88. The summed E-state index contributed by atoms with van der Waals surface area (Å²) in [4.78, 5) is 66.9. The van der Waals surface area contributed by atoms with Crippen LogP contribution in [0.1, 0.15) is 32.6 Å². The number of aliphatic hydroxyl groups is 1. The van der Waals surface area contributed by atoms with E-state index in [1.54, 1.807) is 13.0 Å². The summed E-state index contributed by atoms with van der Waals surface area (Å²) in [7, 11) is 0. The Labute approximate surface area is 203 Å². The molecule has 5 N–H and O–H groups in total. The molecule has 35 heavy (non-hydrogen) atoms. The van der Waals surface area contributed by atoms with Gasteiger partial charge in [0.05, 0.1) is 35.5 Å². The maximum Gasteiger partial charge on any atom is 0.315 e. The lowest BCUT2D eigenvalue weighted by Gasteiger charge is -2.32. The van der Waals surface area contributed by atoms with E-state index in [2.05, 4.69) is 21.2 Å². The number of hydrogen-bond donors (Lipinski definition) is 5. The lowest BCUT2D eigenvalue weighted by molar-refractivity contribution is -0.120. The molecular weight excluding hydrogens is 476 g/mol. The first-order chi connectivity index (χ1) is 16.7. The molecule has 3 bridgehead atoms. The van der Waals surface area contributed by atoms with Gasteiger partial charge in [0.15, 0.2) is 0 Å². The van der Waals surface area contributed by atoms with E-state index in [1.165, 1.54) is 28.8 Å². The van der Waals surface area contributed by atoms with E-state index in [0.29, 0.717) is 30.7 Å². The quantitative estimate of drug-likeness (QED) is 0.348. The summed E-state index contributed by atoms with van der Waals surface area (Å²) < 4.78 is -1.09. The highest BCUT2D eigenvalue weighted by atomic mass is 32.2. The van der Waals surface area contributed by atoms with E-state index in [4.69, 9.17) is 0 Å². The second-order valence-electron chi connectivity index (χ2n) is 9.22. The second kappa shape index (κ2) is 8.72. The molecule has 2 aromatic rings. The minimum atomic E-state index is -1.09. The number of thioether (sulfide) groups is 1. The van der Waals surface area contributed by atoms with Crippen molar-refractivity contribution in [2.24, 2.45) is 0 Å². The number of carbonyl (C=O) groups excluding carboxylic acids is 3. The van der Waals surface area contributed by atoms with Crippen molar-refractivity contribution in [3.8, 4) is 0 Å². The summed E-state index contributed by atoms with van der Waals surface area (Å²) >= 11 is 1.38. The number of aromatic amines is 1. The number of urea groups is 1. The molecule has 4 atom stereocenters. The molecule has 0 aliphatic carbocycles. The Balaban J connectivity index is 1.63. The van der Waals surface area contributed by atoms with Crippen molar-refractivity contribution >= 4 is 46.1 Å². The molecule has 13 heteroatoms. The highest BCUT2D eigenvalue weighted by molar-refractivity contribution is 8.01. The van der Waals surface area contributed by atoms with Gasteiger partial charge in [-0.3, -0.25) is 19.2 Å². The standard InChI is InChI=1S/C22H26N6O6S/c1-11(29)9-27-12-5-6-13-14(8-12)19(32)28(25-18(13)31)26-20(33)22(7-3-2-4-16(27)30)17-15(10-35-22)23-21(34)24-17/h5-6,8,11,15,17,29H,2-4,7,9-10H2,1H3,(H,25,31)(H,26,33)(H2,23,24,34)/t11?,15-,17-,22-/m0/s1. The number of benzene rings is 1. The Morgan fingerprint density at radius 2 is 1.94 bits per heavy atom. The third kappa shape index (κ3) is 3.97. The summed E-state index contributed by atoms with van der Waals surface area (Å²) in [5, 5.41) is 18.1. The van der Waals surface area contributed by atoms with Crippen molar-refractivity contribution in [2.45, 2.75) is 55.5 Å². The zero-order valence-corrected chi connectivity index (χ0v) is 19.8. The summed E-state index contributed by atoms with van der Waals surface area (Å²) in [6.07, 6.45) is 0.720. The third-order valence-corrected chi connectivity index (χ3v) is 8.45. The second-order valence-corrected chi connectivity index (χ2v) is 10.6. The third-order valence-electron chi connectivity index (χ3n) is 6.77. The maximum absolute atomic E-state index is 13.6. The highest BCUT2D eigenvalue weighted by Crippen LogP contribution is 2.44. The Morgan fingerprint density at radius 3 is 2.71 bits per heavy atom. The van der Waals surface area contributed by atoms with Crippen LogP contribution >= 0.6 is 11.8 Å². The van der Waals surface area contributed by atoms with Crippen LogP contribution in [-0.4, -0.2) is 68.1 Å². The molecule has 4 amide bonds. The van der Waals surface area contributed by atoms with Gasteiger partial charge in [-0.15, -0.1) is 11.8 Å². The number of amides is 4. The molecule has 3 aliphatic rings. The number of nitrogens with zero attached hydrogens (tertiary/aromatic N) is 2. The minimum absolute atomic E-state index is 0.0221. The van der Waals surface area contributed by atoms with Gasteiger partial charge in [0.1, 0.15) is 4.75 Å². The van der Waals surface area contributed by atoms with Crippen molar-refractivity contribution < 1.29 is 19.5 Å². The van der Waals surface area contributed by atoms with Crippen molar-refractivity contribution in [1.82, 2.24) is 20.5 Å². The number of β-amino-alcohol motifs (C(OH)–C–C–N with tert-alkyl or cyclic N) is 1. The van der Waals surface area contributed by atoms with Crippen LogP contribution in [0.25, 0.3) is 10.8 Å². The molecule has 3 aliphatic heterocycles. The van der Waals surface area contributed by atoms with E-state index >= 15 is 0 Å². The first kappa shape index (κ1) is 23.4. The predicted octanol–water partition coefficient (Wildman–Crippen LogP) is -0.417. The van der Waals surface area contributed by atoms with Crippen LogP contribution in [-0.2, 0) is 9.59 Å². The van der Waals surface area contributed by atoms with Crippen molar-refractivity contribution in [3.05, 3.63) is 38.9 Å². The minimum Gasteiger partial charge on any atom is -0.392 e. The van der Waals surface area contributed by atoms with Crippen LogP contribution < -0.4 is 32.1 Å². The smallest absolute Gasteiger partial charge is 0.315 e. The molecular formula is C22H26N6O6S. The Bertz CT molecular complexity index is 1340. The Kier molecular flexibility index (Phi) is 5.83. The molecule has 1 spiro atoms. The van der Waals surface area contributed by atoms with Crippen molar-refractivity contribution in [1.29, 1.82) is 0 Å². The van der Waals surface area contributed by atoms with Crippen LogP contribution in [0.4, 0.5) is 10.5 Å². The lowest BCUT2D eigenvalue weighted by Crippen LogP contribution is -2.56. The SMILES string of the molecule is CC(O)CN1C(=O)CCCC[C@@]2(SC[C@@H]3NC(=O)N[C@@H]32)C(=O)Nn2[nH]c(=O)c3ccc1cc3c2=O. The molecule has 1 aromatic carbocycles. The zero-order valence-electron chi connectivity index (χ0n) is 19.0. The number of nitrogens with one attached hydrogen (secondary N) is 4. The average molecular weight is 503 g/mol. The summed E-state index contributed by atoms with van der Waals surface area (Å²) in [6.45, 7) is 1.59. The molecule has 0 saturated carbocycles. The molecule has 5 rings (SSSR count). The van der Waals surface area contributed by atoms with E-state index in [-0.39, 0.29) is 41.7 Å². The van der Waals surface area contributed by atoms with Gasteiger partial charge in [0.2, 0.25) is 5.91 Å². The number of H-pyrrole nitrogens is 1. The Morgan fingerprint density at radius 1 is 1.14 bits per heavy atom. The van der Waals surface area contributed by atoms with Gasteiger partial charge in [-0.1, -0.05) is 6.42 Å². The van der Waals surface area contributed by atoms with Crippen LogP contribution in [0.15, 0.2) is 27.8 Å². The van der Waals surface area contributed by atoms with Crippen molar-refractivity contribution in [3.63, 3.8) is 0 Å². The molecule has 0 radical (unpaired) electrons. The number of aliphatic hydroxyl groups excluding tert-OH is 1. The largest absolute Gasteiger partial charge is 0.392 e. The van der Waals surface area contributed by atoms with Gasteiger partial charge in [0, 0.05) is 17.9 Å². The van der Waals surface area contributed by atoms with Crippen LogP contribution in [0.3, 0.4) is 0 Å². The van der Waals surface area contributed by atoms with E-state index < -0.39 is 33.9 Å². The Hall–Kier alpha value is -3.32. The molecule has 1 aromatic heterocycles. The van der Waals surface area contributed by atoms with E-state index in [0.717, 1.165) is 4.79 Å². The molecule has 12 nitrogen and oxygen atoms in total. The molecule has 4 heterocycles. The van der Waals surface area contributed by atoms with Gasteiger partial charge < -0.3 is 20.6 Å². The topological polar surface area (TPSA) is 166 Å². The van der Waals surface area contributed by atoms with Crippen molar-refractivity contribution in [2.75, 3.05) is 22.6 Å². The van der Waals surface area contributed by atoms with Crippen LogP contribution in [0, 0.1) is 0 Å². The fourth-order valence-corrected chi connectivity index (χ4v) is 6.71. The summed E-state index contributed by atoms with van der Waals surface area (Å²) in [5.41, 5.74) is 1.68. The van der Waals surface area contributed by atoms with Crippen LogP contribution in [0.5, 0.6) is 0 Å². The summed E-state index contributed by atoms with van der Waals surface area (Å²) in [5.74, 6) is -0.241. The first-order valence-electron chi connectivity index (χ1n) is 11.5. The number of carbonyl (C=O) groups is 3. The summed E-state index contributed by atoms with van der Waals surface area (Å²) in [6, 6.07) is 3.31. The van der Waals surface area contributed by atoms with Gasteiger partial charge in [-0.2, -0.15) is 4.79 Å². The fraction of sp³-hybridized carbons (Fsp3) is 0.500. The molecule has 2 saturated heterocycles. The van der Waals surface area contributed by atoms with E-state index in [9.17, 15) is 29.1 Å². The zero-order chi connectivity index (χ0) is 24.9. The molecule has 1 unspecified atom stereocenters. The normalized spacial score (nSPS) is 27.6. The number of aromatic nitrogens is 2. The first-order valence-corrected chi connectivity index (χ1v) is 12.5. The maximum atomic E-state index is 13.6. The number of hydrogen-bond acceptors (Lipinski definition) is 7. The van der Waals surface area contributed by atoms with E-state index in [1.807, 2.05) is 0 Å². The van der Waals surface area contributed by atoms with Gasteiger partial charge >= 0.3 is 6.03 Å². The van der Waals surface area contributed by atoms with Crippen LogP contribution in [0.2, 0.25) is 0 Å². The predicted molar refractivity (Wildman–Crippen MR) is 130 cm³/mol. The fourth-order valence-electron chi connectivity index (χ4n) is 5.09. The van der Waals surface area contributed by atoms with Gasteiger partial charge in [-0.25, -0.2) is 15.3 Å². The molecule has 2 fully saturated rings. The number of anilines is 1. The van der Waals surface area contributed by atoms with Gasteiger partial charge in [-0.05, 0) is 38.0 Å². The number of fused-ring (bicyclic) bond motifs is 4. The number of rotatable bonds is 2. The van der Waals surface area contributed by atoms with Gasteiger partial charge in [0.25, 0.3) is 17.0 Å². The average Bonchev–Trinajstić information content (AvgIpc) is 3.35. The highest BCUT2D eigenvalue weighted by Gasteiger charge is 2.57.